The smallest absolute Gasteiger partial charge is 0.336 e. The van der Waals surface area contributed by atoms with Crippen molar-refractivity contribution in [3.05, 3.63) is 35.4 Å². The van der Waals surface area contributed by atoms with E-state index in [4.69, 9.17) is 5.11 Å². The van der Waals surface area contributed by atoms with Gasteiger partial charge in [-0.25, -0.2) is 4.79 Å². The average Bonchev–Trinajstić information content (AvgIpc) is 2.27. The minimum atomic E-state index is -1.07. The van der Waals surface area contributed by atoms with Crippen molar-refractivity contribution >= 4 is 11.9 Å². The molecule has 1 aromatic carbocycles. The number of nitrogens with one attached hydrogen (secondary N) is 1. The molecule has 1 amide bonds. The van der Waals surface area contributed by atoms with Crippen LogP contribution in [0.25, 0.3) is 0 Å². The summed E-state index contributed by atoms with van der Waals surface area (Å²) in [5.74, 6) is -0.715. The van der Waals surface area contributed by atoms with Gasteiger partial charge < -0.3 is 10.4 Å². The van der Waals surface area contributed by atoms with Crippen molar-refractivity contribution in [2.75, 3.05) is 0 Å². The van der Waals surface area contributed by atoms with Gasteiger partial charge in [0, 0.05) is 6.04 Å². The Labute approximate surface area is 99.6 Å². The van der Waals surface area contributed by atoms with E-state index in [-0.39, 0.29) is 23.1 Å². The first-order valence-electron chi connectivity index (χ1n) is 5.71. The maximum Gasteiger partial charge on any atom is 0.336 e. The average molecular weight is 233 g/mol. The molecule has 4 nitrogen and oxygen atoms in total. The highest BCUT2D eigenvalue weighted by Crippen LogP contribution is 2.26. The van der Waals surface area contributed by atoms with Gasteiger partial charge in [-0.2, -0.15) is 0 Å². The summed E-state index contributed by atoms with van der Waals surface area (Å²) < 4.78 is 0. The normalized spacial score (nSPS) is 22.6. The van der Waals surface area contributed by atoms with Crippen LogP contribution in [0.5, 0.6) is 0 Å². The van der Waals surface area contributed by atoms with E-state index in [1.165, 1.54) is 6.07 Å². The van der Waals surface area contributed by atoms with Gasteiger partial charge >= 0.3 is 5.97 Å². The fourth-order valence-corrected chi connectivity index (χ4v) is 2.15. The molecule has 0 unspecified atom stereocenters. The van der Waals surface area contributed by atoms with Gasteiger partial charge in [0.25, 0.3) is 5.91 Å². The maximum atomic E-state index is 11.9. The van der Waals surface area contributed by atoms with Crippen LogP contribution in [0.3, 0.4) is 0 Å². The van der Waals surface area contributed by atoms with Crippen LogP contribution in [0.15, 0.2) is 24.3 Å². The van der Waals surface area contributed by atoms with Crippen molar-refractivity contribution in [3.8, 4) is 0 Å². The van der Waals surface area contributed by atoms with Crippen LogP contribution >= 0.6 is 0 Å². The monoisotopic (exact) mass is 233 g/mol. The first-order valence-corrected chi connectivity index (χ1v) is 5.71. The largest absolute Gasteiger partial charge is 0.478 e. The topological polar surface area (TPSA) is 66.4 Å². The Morgan fingerprint density at radius 3 is 2.35 bits per heavy atom. The second-order valence-corrected chi connectivity index (χ2v) is 4.60. The maximum absolute atomic E-state index is 11.9. The molecule has 0 heterocycles. The predicted octanol–water partition coefficient (Wildman–Crippen LogP) is 1.91. The summed E-state index contributed by atoms with van der Waals surface area (Å²) in [6.07, 6.45) is 1.95. The number of carboxylic acid groups (broad SMARTS) is 1. The Balaban J connectivity index is 2.11. The SMILES string of the molecule is CC1CC(NC(=O)c2ccccc2C(=O)O)C1. The van der Waals surface area contributed by atoms with Crippen LogP contribution in [-0.2, 0) is 0 Å². The number of rotatable bonds is 3. The fourth-order valence-electron chi connectivity index (χ4n) is 2.15. The van der Waals surface area contributed by atoms with Gasteiger partial charge in [0.05, 0.1) is 11.1 Å². The molecule has 0 radical (unpaired) electrons. The molecule has 2 N–H and O–H groups in total. The lowest BCUT2D eigenvalue weighted by Gasteiger charge is -2.33. The van der Waals surface area contributed by atoms with Gasteiger partial charge in [-0.3, -0.25) is 4.79 Å². The van der Waals surface area contributed by atoms with Gasteiger partial charge in [0.15, 0.2) is 0 Å². The van der Waals surface area contributed by atoms with E-state index >= 15 is 0 Å². The van der Waals surface area contributed by atoms with Gasteiger partial charge in [-0.15, -0.1) is 0 Å². The van der Waals surface area contributed by atoms with Crippen molar-refractivity contribution in [1.29, 1.82) is 0 Å². The number of carbonyl (C=O) groups excluding carboxylic acids is 1. The van der Waals surface area contributed by atoms with E-state index in [9.17, 15) is 9.59 Å². The Morgan fingerprint density at radius 1 is 1.24 bits per heavy atom. The number of aromatic carboxylic acids is 1. The molecule has 0 spiro atoms. The molecule has 4 heteroatoms. The number of hydrogen-bond acceptors (Lipinski definition) is 2. The number of carboxylic acids is 1. The lowest BCUT2D eigenvalue weighted by molar-refractivity contribution is 0.0689. The van der Waals surface area contributed by atoms with Crippen LogP contribution in [0, 0.1) is 5.92 Å². The number of hydrogen-bond donors (Lipinski definition) is 2. The standard InChI is InChI=1S/C13H15NO3/c1-8-6-9(7-8)14-12(15)10-4-2-3-5-11(10)13(16)17/h2-5,8-9H,6-7H2,1H3,(H,14,15)(H,16,17). The molecule has 0 aromatic heterocycles. The zero-order valence-electron chi connectivity index (χ0n) is 9.64. The van der Waals surface area contributed by atoms with Crippen molar-refractivity contribution < 1.29 is 14.7 Å². The minimum absolute atomic E-state index is 0.0531. The van der Waals surface area contributed by atoms with Crippen LogP contribution < -0.4 is 5.32 Å². The Bertz CT molecular complexity index is 450. The number of carbonyl (C=O) groups is 2. The molecule has 1 aromatic rings. The summed E-state index contributed by atoms with van der Waals surface area (Å²) in [5, 5.41) is 11.8. The molecule has 1 saturated carbocycles. The minimum Gasteiger partial charge on any atom is -0.478 e. The first kappa shape index (κ1) is 11.6. The summed E-state index contributed by atoms with van der Waals surface area (Å²) in [6.45, 7) is 2.13. The van der Waals surface area contributed by atoms with Crippen LogP contribution in [0.1, 0.15) is 40.5 Å². The predicted molar refractivity (Wildman–Crippen MR) is 63.1 cm³/mol. The second-order valence-electron chi connectivity index (χ2n) is 4.60. The third kappa shape index (κ3) is 2.46. The zero-order valence-corrected chi connectivity index (χ0v) is 9.64. The second kappa shape index (κ2) is 4.57. The van der Waals surface area contributed by atoms with Crippen molar-refractivity contribution in [1.82, 2.24) is 5.32 Å². The molecule has 0 aliphatic heterocycles. The molecule has 0 bridgehead atoms. The lowest BCUT2D eigenvalue weighted by atomic mass is 9.82. The molecule has 2 rings (SSSR count). The lowest BCUT2D eigenvalue weighted by Crippen LogP contribution is -2.43. The number of amides is 1. The van der Waals surface area contributed by atoms with Crippen LogP contribution in [0.2, 0.25) is 0 Å². The Morgan fingerprint density at radius 2 is 1.82 bits per heavy atom. The van der Waals surface area contributed by atoms with Crippen LogP contribution in [-0.4, -0.2) is 23.0 Å². The fraction of sp³-hybridized carbons (Fsp3) is 0.385. The molecule has 1 aliphatic rings. The van der Waals surface area contributed by atoms with Gasteiger partial charge in [0.2, 0.25) is 0 Å². The zero-order chi connectivity index (χ0) is 12.4. The summed E-state index contributed by atoms with van der Waals surface area (Å²) in [7, 11) is 0. The van der Waals surface area contributed by atoms with Gasteiger partial charge in [-0.05, 0) is 30.9 Å². The summed E-state index contributed by atoms with van der Waals surface area (Å²) >= 11 is 0. The third-order valence-electron chi connectivity index (χ3n) is 3.11. The summed E-state index contributed by atoms with van der Waals surface area (Å²) in [6, 6.07) is 6.47. The first-order chi connectivity index (χ1) is 8.08. The van der Waals surface area contributed by atoms with E-state index in [0.717, 1.165) is 12.8 Å². The van der Waals surface area contributed by atoms with E-state index in [1.807, 2.05) is 0 Å². The molecule has 0 saturated heterocycles. The quantitative estimate of drug-likeness (QED) is 0.838. The van der Waals surface area contributed by atoms with Crippen molar-refractivity contribution in [2.24, 2.45) is 5.92 Å². The highest BCUT2D eigenvalue weighted by Gasteiger charge is 2.27. The van der Waals surface area contributed by atoms with E-state index in [0.29, 0.717) is 5.92 Å². The third-order valence-corrected chi connectivity index (χ3v) is 3.11. The molecule has 17 heavy (non-hydrogen) atoms. The Kier molecular flexibility index (Phi) is 3.13. The molecule has 90 valence electrons. The van der Waals surface area contributed by atoms with E-state index in [1.54, 1.807) is 18.2 Å². The molecular formula is C13H15NO3. The van der Waals surface area contributed by atoms with E-state index < -0.39 is 5.97 Å². The highest BCUT2D eigenvalue weighted by molar-refractivity contribution is 6.04. The molecule has 1 aliphatic carbocycles. The van der Waals surface area contributed by atoms with Gasteiger partial charge in [-0.1, -0.05) is 19.1 Å². The van der Waals surface area contributed by atoms with Crippen LogP contribution in [0.4, 0.5) is 0 Å². The van der Waals surface area contributed by atoms with Crippen molar-refractivity contribution in [2.45, 2.75) is 25.8 Å². The van der Waals surface area contributed by atoms with E-state index in [2.05, 4.69) is 12.2 Å². The highest BCUT2D eigenvalue weighted by atomic mass is 16.4. The molecule has 1 fully saturated rings. The summed E-state index contributed by atoms with van der Waals surface area (Å²) in [4.78, 5) is 22.9. The Hall–Kier alpha value is -1.84. The number of benzene rings is 1. The molecule has 0 atom stereocenters. The van der Waals surface area contributed by atoms with Crippen molar-refractivity contribution in [3.63, 3.8) is 0 Å². The van der Waals surface area contributed by atoms with Gasteiger partial charge in [0.1, 0.15) is 0 Å². The summed E-state index contributed by atoms with van der Waals surface area (Å²) in [5.41, 5.74) is 0.289. The molecular weight excluding hydrogens is 218 g/mol.